The van der Waals surface area contributed by atoms with Crippen LogP contribution < -0.4 is 5.73 Å². The maximum absolute atomic E-state index is 12.5. The molecule has 0 heterocycles. The molecule has 6 nitrogen and oxygen atoms in total. The monoisotopic (exact) mass is 293 g/mol. The largest absolute Gasteiger partial charge is 0.337 e. The molecule has 2 N–H and O–H groups in total. The van der Waals surface area contributed by atoms with E-state index >= 15 is 0 Å². The topological polar surface area (TPSA) is 89.5 Å². The minimum Gasteiger partial charge on any atom is -0.337 e. The summed E-state index contributed by atoms with van der Waals surface area (Å²) in [4.78, 5) is 24.4. The standard InChI is InChI=1S/C15H23N3O3/c1-5-9-15(3,16)14(19)17(4)11(2)12-7-6-8-13(10-12)18(20)21/h6-8,10-11H,5,9,16H2,1-4H3. The predicted molar refractivity (Wildman–Crippen MR) is 81.8 cm³/mol. The summed E-state index contributed by atoms with van der Waals surface area (Å²) in [5, 5.41) is 10.8. The summed E-state index contributed by atoms with van der Waals surface area (Å²) in [5.74, 6) is -0.164. The molecule has 116 valence electrons. The van der Waals surface area contributed by atoms with Crippen LogP contribution in [-0.2, 0) is 4.79 Å². The first-order valence-electron chi connectivity index (χ1n) is 7.01. The van der Waals surface area contributed by atoms with Crippen molar-refractivity contribution in [1.29, 1.82) is 0 Å². The third kappa shape index (κ3) is 4.01. The van der Waals surface area contributed by atoms with E-state index < -0.39 is 10.5 Å². The van der Waals surface area contributed by atoms with E-state index in [1.807, 2.05) is 13.8 Å². The normalized spacial score (nSPS) is 15.1. The fourth-order valence-corrected chi connectivity index (χ4v) is 2.33. The van der Waals surface area contributed by atoms with Crippen molar-refractivity contribution >= 4 is 11.6 Å². The number of likely N-dealkylation sites (N-methyl/N-ethyl adjacent to an activating group) is 1. The molecule has 0 aliphatic heterocycles. The molecule has 2 atom stereocenters. The van der Waals surface area contributed by atoms with Crippen molar-refractivity contribution in [2.24, 2.45) is 5.73 Å². The summed E-state index contributed by atoms with van der Waals surface area (Å²) in [6, 6.07) is 6.03. The Labute approximate surface area is 125 Å². The van der Waals surface area contributed by atoms with Crippen molar-refractivity contribution in [1.82, 2.24) is 4.90 Å². The van der Waals surface area contributed by atoms with Crippen molar-refractivity contribution in [2.45, 2.75) is 45.2 Å². The molecule has 0 spiro atoms. The van der Waals surface area contributed by atoms with Crippen LogP contribution in [0.3, 0.4) is 0 Å². The van der Waals surface area contributed by atoms with Crippen molar-refractivity contribution in [3.63, 3.8) is 0 Å². The third-order valence-electron chi connectivity index (χ3n) is 3.72. The molecule has 0 radical (unpaired) electrons. The van der Waals surface area contributed by atoms with Crippen LogP contribution in [0.1, 0.15) is 45.2 Å². The zero-order valence-electron chi connectivity index (χ0n) is 13.0. The third-order valence-corrected chi connectivity index (χ3v) is 3.72. The number of nitrogens with two attached hydrogens (primary N) is 1. The van der Waals surface area contributed by atoms with E-state index in [2.05, 4.69) is 0 Å². The molecule has 0 saturated heterocycles. The highest BCUT2D eigenvalue weighted by molar-refractivity contribution is 5.85. The fraction of sp³-hybridized carbons (Fsp3) is 0.533. The van der Waals surface area contributed by atoms with Crippen molar-refractivity contribution in [2.75, 3.05) is 7.05 Å². The van der Waals surface area contributed by atoms with E-state index in [4.69, 9.17) is 5.73 Å². The van der Waals surface area contributed by atoms with E-state index in [9.17, 15) is 14.9 Å². The van der Waals surface area contributed by atoms with Crippen LogP contribution in [0.15, 0.2) is 24.3 Å². The Morgan fingerprint density at radius 2 is 2.14 bits per heavy atom. The minimum absolute atomic E-state index is 0.0178. The van der Waals surface area contributed by atoms with Gasteiger partial charge in [-0.15, -0.1) is 0 Å². The minimum atomic E-state index is -0.918. The van der Waals surface area contributed by atoms with Gasteiger partial charge in [0, 0.05) is 19.2 Å². The number of nitrogens with zero attached hydrogens (tertiary/aromatic N) is 2. The van der Waals surface area contributed by atoms with E-state index in [-0.39, 0.29) is 17.6 Å². The summed E-state index contributed by atoms with van der Waals surface area (Å²) in [7, 11) is 1.67. The first-order chi connectivity index (χ1) is 9.70. The number of benzene rings is 1. The van der Waals surface area contributed by atoms with E-state index in [0.29, 0.717) is 12.0 Å². The lowest BCUT2D eigenvalue weighted by atomic mass is 9.94. The Kier molecular flexibility index (Phi) is 5.43. The highest BCUT2D eigenvalue weighted by Gasteiger charge is 2.32. The van der Waals surface area contributed by atoms with E-state index in [0.717, 1.165) is 6.42 Å². The molecule has 0 aliphatic carbocycles. The first kappa shape index (κ1) is 17.1. The lowest BCUT2D eigenvalue weighted by Crippen LogP contribution is -2.52. The van der Waals surface area contributed by atoms with Gasteiger partial charge in [-0.25, -0.2) is 0 Å². The molecule has 1 amide bonds. The Morgan fingerprint density at radius 1 is 1.52 bits per heavy atom. The summed E-state index contributed by atoms with van der Waals surface area (Å²) in [5.41, 5.74) is 5.88. The van der Waals surface area contributed by atoms with Crippen LogP contribution >= 0.6 is 0 Å². The molecule has 0 bridgehead atoms. The van der Waals surface area contributed by atoms with Crippen molar-refractivity contribution < 1.29 is 9.72 Å². The van der Waals surface area contributed by atoms with Gasteiger partial charge >= 0.3 is 0 Å². The summed E-state index contributed by atoms with van der Waals surface area (Å²) in [6.45, 7) is 5.52. The molecule has 6 heteroatoms. The summed E-state index contributed by atoms with van der Waals surface area (Å²) >= 11 is 0. The highest BCUT2D eigenvalue weighted by Crippen LogP contribution is 2.25. The number of non-ortho nitro benzene ring substituents is 1. The SMILES string of the molecule is CCCC(C)(N)C(=O)N(C)C(C)c1cccc([N+](=O)[O-])c1. The Hall–Kier alpha value is -1.95. The zero-order valence-corrected chi connectivity index (χ0v) is 13.0. The number of carbonyl (C=O) groups is 1. The van der Waals surface area contributed by atoms with Gasteiger partial charge in [0.25, 0.3) is 5.69 Å². The van der Waals surface area contributed by atoms with E-state index in [1.54, 1.807) is 31.0 Å². The number of amides is 1. The van der Waals surface area contributed by atoms with Gasteiger partial charge in [0.05, 0.1) is 16.5 Å². The highest BCUT2D eigenvalue weighted by atomic mass is 16.6. The number of nitro benzene ring substituents is 1. The van der Waals surface area contributed by atoms with Gasteiger partial charge in [0.2, 0.25) is 5.91 Å². The number of hydrogen-bond donors (Lipinski definition) is 1. The number of hydrogen-bond acceptors (Lipinski definition) is 4. The molecule has 2 unspecified atom stereocenters. The molecule has 1 aromatic carbocycles. The van der Waals surface area contributed by atoms with Gasteiger partial charge in [-0.2, -0.15) is 0 Å². The molecule has 0 saturated carbocycles. The molecule has 1 aromatic rings. The molecule has 0 aliphatic rings. The lowest BCUT2D eigenvalue weighted by Gasteiger charge is -2.33. The van der Waals surface area contributed by atoms with Gasteiger partial charge in [-0.3, -0.25) is 14.9 Å². The van der Waals surface area contributed by atoms with Crippen LogP contribution in [-0.4, -0.2) is 28.3 Å². The average molecular weight is 293 g/mol. The van der Waals surface area contributed by atoms with E-state index in [1.165, 1.54) is 12.1 Å². The Balaban J connectivity index is 2.97. The summed E-state index contributed by atoms with van der Waals surface area (Å²) in [6.07, 6.45) is 1.41. The maximum Gasteiger partial charge on any atom is 0.269 e. The Bertz CT molecular complexity index is 529. The molecule has 1 rings (SSSR count). The number of nitro groups is 1. The molecular weight excluding hydrogens is 270 g/mol. The second kappa shape index (κ2) is 6.67. The van der Waals surface area contributed by atoms with Gasteiger partial charge in [-0.1, -0.05) is 25.5 Å². The molecule has 0 fully saturated rings. The zero-order chi connectivity index (χ0) is 16.2. The molecule has 0 aromatic heterocycles. The average Bonchev–Trinajstić information content (AvgIpc) is 2.44. The maximum atomic E-state index is 12.5. The number of carbonyl (C=O) groups excluding carboxylic acids is 1. The van der Waals surface area contributed by atoms with Crippen LogP contribution in [0, 0.1) is 10.1 Å². The second-order valence-electron chi connectivity index (χ2n) is 5.61. The smallest absolute Gasteiger partial charge is 0.269 e. The quantitative estimate of drug-likeness (QED) is 0.645. The van der Waals surface area contributed by atoms with Crippen LogP contribution in [0.2, 0.25) is 0 Å². The summed E-state index contributed by atoms with van der Waals surface area (Å²) < 4.78 is 0. The van der Waals surface area contributed by atoms with Crippen LogP contribution in [0.5, 0.6) is 0 Å². The van der Waals surface area contributed by atoms with Gasteiger partial charge in [0.1, 0.15) is 0 Å². The van der Waals surface area contributed by atoms with Crippen molar-refractivity contribution in [3.8, 4) is 0 Å². The van der Waals surface area contributed by atoms with Crippen molar-refractivity contribution in [3.05, 3.63) is 39.9 Å². The number of rotatable bonds is 6. The van der Waals surface area contributed by atoms with Gasteiger partial charge in [0.15, 0.2) is 0 Å². The van der Waals surface area contributed by atoms with Gasteiger partial charge < -0.3 is 10.6 Å². The molecular formula is C15H23N3O3. The molecule has 21 heavy (non-hydrogen) atoms. The second-order valence-corrected chi connectivity index (χ2v) is 5.61. The fourth-order valence-electron chi connectivity index (χ4n) is 2.33. The van der Waals surface area contributed by atoms with Crippen LogP contribution in [0.25, 0.3) is 0 Å². The lowest BCUT2D eigenvalue weighted by molar-refractivity contribution is -0.384. The first-order valence-corrected chi connectivity index (χ1v) is 7.01. The predicted octanol–water partition coefficient (Wildman–Crippen LogP) is 2.63. The van der Waals surface area contributed by atoms with Crippen LogP contribution in [0.4, 0.5) is 5.69 Å². The Morgan fingerprint density at radius 3 is 2.67 bits per heavy atom. The van der Waals surface area contributed by atoms with Gasteiger partial charge in [-0.05, 0) is 25.8 Å².